The van der Waals surface area contributed by atoms with Gasteiger partial charge in [0.05, 0.1) is 23.3 Å². The van der Waals surface area contributed by atoms with Gasteiger partial charge in [0.1, 0.15) is 17.2 Å². The van der Waals surface area contributed by atoms with Gasteiger partial charge in [-0.1, -0.05) is 23.4 Å². The Labute approximate surface area is 200 Å². The Kier molecular flexibility index (Phi) is 5.29. The second-order valence-electron chi connectivity index (χ2n) is 8.68. The van der Waals surface area contributed by atoms with Crippen LogP contribution in [-0.4, -0.2) is 54.1 Å². The van der Waals surface area contributed by atoms with Gasteiger partial charge in [-0.2, -0.15) is 5.10 Å². The van der Waals surface area contributed by atoms with E-state index in [0.29, 0.717) is 13.1 Å². The zero-order valence-corrected chi connectivity index (χ0v) is 18.8. The molecular formula is C26H22FN7O. The Morgan fingerprint density at radius 2 is 1.91 bits per heavy atom. The van der Waals surface area contributed by atoms with Gasteiger partial charge in [0.25, 0.3) is 5.91 Å². The minimum absolute atomic E-state index is 0.0224. The molecule has 0 aliphatic carbocycles. The largest absolute Gasteiger partial charge is 0.336 e. The summed E-state index contributed by atoms with van der Waals surface area (Å²) < 4.78 is 16.0. The van der Waals surface area contributed by atoms with E-state index in [0.717, 1.165) is 46.3 Å². The monoisotopic (exact) mass is 467 g/mol. The molecule has 8 nitrogen and oxygen atoms in total. The maximum Gasteiger partial charge on any atom is 0.256 e. The van der Waals surface area contributed by atoms with Crippen LogP contribution in [0.5, 0.6) is 0 Å². The van der Waals surface area contributed by atoms with Gasteiger partial charge in [-0.3, -0.25) is 14.9 Å². The summed E-state index contributed by atoms with van der Waals surface area (Å²) in [5.74, 6) is -0.786. The molecule has 0 saturated carbocycles. The summed E-state index contributed by atoms with van der Waals surface area (Å²) >= 11 is 0. The van der Waals surface area contributed by atoms with Crippen LogP contribution in [0.1, 0.15) is 29.2 Å². The van der Waals surface area contributed by atoms with Gasteiger partial charge in [0.2, 0.25) is 0 Å². The molecule has 5 aromatic rings. The van der Waals surface area contributed by atoms with Crippen molar-refractivity contribution in [1.29, 1.82) is 0 Å². The third-order valence-electron chi connectivity index (χ3n) is 6.48. The minimum Gasteiger partial charge on any atom is -0.336 e. The van der Waals surface area contributed by atoms with E-state index >= 15 is 0 Å². The molecule has 35 heavy (non-hydrogen) atoms. The van der Waals surface area contributed by atoms with E-state index in [1.54, 1.807) is 29.4 Å². The molecule has 6 rings (SSSR count). The third kappa shape index (κ3) is 3.95. The van der Waals surface area contributed by atoms with Gasteiger partial charge >= 0.3 is 0 Å². The molecule has 0 radical (unpaired) electrons. The van der Waals surface area contributed by atoms with Gasteiger partial charge in [0, 0.05) is 42.0 Å². The molecule has 174 valence electrons. The summed E-state index contributed by atoms with van der Waals surface area (Å²) in [5, 5.41) is 17.3. The fourth-order valence-corrected chi connectivity index (χ4v) is 4.65. The van der Waals surface area contributed by atoms with Crippen LogP contribution >= 0.6 is 0 Å². The summed E-state index contributed by atoms with van der Waals surface area (Å²) in [6, 6.07) is 16.0. The van der Waals surface area contributed by atoms with Crippen molar-refractivity contribution < 1.29 is 9.18 Å². The number of nitrogens with one attached hydrogen (secondary N) is 1. The molecule has 3 aromatic heterocycles. The molecule has 0 spiro atoms. The molecule has 0 unspecified atom stereocenters. The van der Waals surface area contributed by atoms with E-state index in [1.807, 2.05) is 35.1 Å². The molecule has 1 amide bonds. The Balaban J connectivity index is 1.25. The normalized spacial score (nSPS) is 16.0. The van der Waals surface area contributed by atoms with Crippen molar-refractivity contribution in [3.8, 4) is 22.5 Å². The van der Waals surface area contributed by atoms with Gasteiger partial charge in [0.15, 0.2) is 0 Å². The third-order valence-corrected chi connectivity index (χ3v) is 6.48. The highest BCUT2D eigenvalue weighted by Gasteiger charge is 2.27. The molecule has 0 bridgehead atoms. The molecule has 4 heterocycles. The number of benzene rings is 2. The van der Waals surface area contributed by atoms with Gasteiger partial charge in [-0.15, -0.1) is 5.10 Å². The first-order chi connectivity index (χ1) is 17.2. The Bertz CT molecular complexity index is 1510. The number of likely N-dealkylation sites (tertiary alicyclic amines) is 1. The lowest BCUT2D eigenvalue weighted by atomic mass is 10.0. The SMILES string of the molecule is O=C(c1ccccc1F)N1CCC[C@@H](n2cc(-c3ccc4[nH]nc(-c5ccncc5)c4c3)nn2)C1. The van der Waals surface area contributed by atoms with Crippen LogP contribution in [0.25, 0.3) is 33.4 Å². The molecule has 1 fully saturated rings. The van der Waals surface area contributed by atoms with Gasteiger partial charge in [-0.05, 0) is 49.2 Å². The van der Waals surface area contributed by atoms with E-state index in [1.165, 1.54) is 12.1 Å². The first-order valence-electron chi connectivity index (χ1n) is 11.5. The van der Waals surface area contributed by atoms with E-state index in [2.05, 4.69) is 31.6 Å². The maximum absolute atomic E-state index is 14.1. The van der Waals surface area contributed by atoms with Crippen LogP contribution in [0, 0.1) is 5.82 Å². The first-order valence-corrected chi connectivity index (χ1v) is 11.5. The number of amides is 1. The van der Waals surface area contributed by atoms with E-state index in [9.17, 15) is 9.18 Å². The summed E-state index contributed by atoms with van der Waals surface area (Å²) in [6.07, 6.45) is 7.09. The number of rotatable bonds is 4. The molecule has 1 aliphatic heterocycles. The molecule has 2 aromatic carbocycles. The van der Waals surface area contributed by atoms with Gasteiger partial charge in [-0.25, -0.2) is 9.07 Å². The fourth-order valence-electron chi connectivity index (χ4n) is 4.65. The highest BCUT2D eigenvalue weighted by atomic mass is 19.1. The van der Waals surface area contributed by atoms with Crippen molar-refractivity contribution in [1.82, 2.24) is 35.1 Å². The number of aromatic amines is 1. The average Bonchev–Trinajstić information content (AvgIpc) is 3.57. The highest BCUT2D eigenvalue weighted by Crippen LogP contribution is 2.30. The van der Waals surface area contributed by atoms with Crippen molar-refractivity contribution in [2.45, 2.75) is 18.9 Å². The number of halogens is 1. The second kappa shape index (κ2) is 8.75. The van der Waals surface area contributed by atoms with Gasteiger partial charge < -0.3 is 4.90 Å². The lowest BCUT2D eigenvalue weighted by Gasteiger charge is -2.32. The van der Waals surface area contributed by atoms with Crippen molar-refractivity contribution >= 4 is 16.8 Å². The Morgan fingerprint density at radius 1 is 1.06 bits per heavy atom. The summed E-state index contributed by atoms with van der Waals surface area (Å²) in [7, 11) is 0. The number of hydrogen-bond acceptors (Lipinski definition) is 5. The lowest BCUT2D eigenvalue weighted by Crippen LogP contribution is -2.41. The molecular weight excluding hydrogens is 445 g/mol. The smallest absolute Gasteiger partial charge is 0.256 e. The number of hydrogen-bond donors (Lipinski definition) is 1. The van der Waals surface area contributed by atoms with E-state index in [4.69, 9.17) is 0 Å². The molecule has 9 heteroatoms. The average molecular weight is 468 g/mol. The van der Waals surface area contributed by atoms with Crippen LogP contribution in [-0.2, 0) is 0 Å². The topological polar surface area (TPSA) is 92.6 Å². The van der Waals surface area contributed by atoms with Crippen LogP contribution in [0.4, 0.5) is 4.39 Å². The lowest BCUT2D eigenvalue weighted by molar-refractivity contribution is 0.0667. The zero-order valence-electron chi connectivity index (χ0n) is 18.8. The highest BCUT2D eigenvalue weighted by molar-refractivity contribution is 5.95. The first kappa shape index (κ1) is 21.2. The van der Waals surface area contributed by atoms with Crippen molar-refractivity contribution in [2.24, 2.45) is 0 Å². The van der Waals surface area contributed by atoms with Crippen LogP contribution in [0.15, 0.2) is 73.2 Å². The zero-order chi connectivity index (χ0) is 23.8. The van der Waals surface area contributed by atoms with Crippen molar-refractivity contribution in [3.05, 3.63) is 84.6 Å². The molecule has 1 aliphatic rings. The number of nitrogens with zero attached hydrogens (tertiary/aromatic N) is 6. The van der Waals surface area contributed by atoms with Crippen LogP contribution < -0.4 is 0 Å². The Morgan fingerprint density at radius 3 is 2.77 bits per heavy atom. The number of carbonyl (C=O) groups excluding carboxylic acids is 1. The number of fused-ring (bicyclic) bond motifs is 1. The number of pyridine rings is 1. The minimum atomic E-state index is -0.497. The Hall–Kier alpha value is -4.40. The van der Waals surface area contributed by atoms with Crippen LogP contribution in [0.3, 0.4) is 0 Å². The van der Waals surface area contributed by atoms with Crippen LogP contribution in [0.2, 0.25) is 0 Å². The van der Waals surface area contributed by atoms with Crippen molar-refractivity contribution in [2.75, 3.05) is 13.1 Å². The summed E-state index contributed by atoms with van der Waals surface area (Å²) in [5.41, 5.74) is 4.54. The van der Waals surface area contributed by atoms with Crippen molar-refractivity contribution in [3.63, 3.8) is 0 Å². The number of H-pyrrole nitrogens is 1. The summed E-state index contributed by atoms with van der Waals surface area (Å²) in [6.45, 7) is 1.06. The number of piperidine rings is 1. The maximum atomic E-state index is 14.1. The quantitative estimate of drug-likeness (QED) is 0.420. The predicted molar refractivity (Wildman–Crippen MR) is 129 cm³/mol. The molecule has 1 saturated heterocycles. The number of aromatic nitrogens is 6. The predicted octanol–water partition coefficient (Wildman–Crippen LogP) is 4.50. The fraction of sp³-hybridized carbons (Fsp3) is 0.192. The standard InChI is InChI=1S/C26H22FN7O/c27-22-6-2-1-5-20(22)26(35)33-13-3-4-19(15-33)34-16-24(30-32-34)18-7-8-23-21(14-18)25(31-29-23)17-9-11-28-12-10-17/h1-2,5-12,14,16,19H,3-4,13,15H2,(H,29,31)/t19-/m1/s1. The summed E-state index contributed by atoms with van der Waals surface area (Å²) in [4.78, 5) is 18.7. The second-order valence-corrected chi connectivity index (χ2v) is 8.68. The molecule has 1 atom stereocenters. The molecule has 1 N–H and O–H groups in total. The van der Waals surface area contributed by atoms with E-state index < -0.39 is 5.82 Å². The van der Waals surface area contributed by atoms with E-state index in [-0.39, 0.29) is 17.5 Å². The number of carbonyl (C=O) groups is 1.